The number of hydrogen-bond acceptors (Lipinski definition) is 5. The second-order valence-corrected chi connectivity index (χ2v) is 6.64. The fourth-order valence-electron chi connectivity index (χ4n) is 3.18. The number of carbonyl (C=O) groups is 1. The second-order valence-electron chi connectivity index (χ2n) is 6.64. The lowest BCUT2D eigenvalue weighted by molar-refractivity contribution is -0.121. The molecule has 3 heterocycles. The van der Waals surface area contributed by atoms with E-state index in [9.17, 15) is 14.4 Å². The van der Waals surface area contributed by atoms with Crippen LogP contribution in [0.15, 0.2) is 40.3 Å². The highest BCUT2D eigenvalue weighted by Gasteiger charge is 2.21. The number of likely N-dealkylation sites (tertiary alicyclic amines) is 1. The SMILES string of the molecule is Cn1c(=O)[nH]cc(CC(=O)NC2CCN(Cc3cccnc3)CC2)c1=O. The highest BCUT2D eigenvalue weighted by molar-refractivity contribution is 5.78. The molecule has 0 atom stereocenters. The Hall–Kier alpha value is -2.74. The van der Waals surface area contributed by atoms with Crippen LogP contribution in [0.2, 0.25) is 0 Å². The summed E-state index contributed by atoms with van der Waals surface area (Å²) in [7, 11) is 1.39. The molecular formula is C18H23N5O3. The average molecular weight is 357 g/mol. The first-order chi connectivity index (χ1) is 12.5. The number of nitrogens with zero attached hydrogens (tertiary/aromatic N) is 3. The summed E-state index contributed by atoms with van der Waals surface area (Å²) >= 11 is 0. The minimum Gasteiger partial charge on any atom is -0.353 e. The van der Waals surface area contributed by atoms with Crippen LogP contribution in [0.3, 0.4) is 0 Å². The second kappa shape index (κ2) is 8.09. The molecule has 1 aliphatic heterocycles. The van der Waals surface area contributed by atoms with Gasteiger partial charge in [-0.05, 0) is 24.5 Å². The van der Waals surface area contributed by atoms with Crippen LogP contribution in [-0.4, -0.2) is 44.5 Å². The average Bonchev–Trinajstić information content (AvgIpc) is 2.65. The molecule has 0 saturated carbocycles. The largest absolute Gasteiger partial charge is 0.353 e. The number of rotatable bonds is 5. The molecule has 1 aliphatic rings. The van der Waals surface area contributed by atoms with Crippen molar-refractivity contribution in [2.45, 2.75) is 31.8 Å². The van der Waals surface area contributed by atoms with Crippen molar-refractivity contribution in [3.05, 3.63) is 62.7 Å². The van der Waals surface area contributed by atoms with Gasteiger partial charge >= 0.3 is 5.69 Å². The van der Waals surface area contributed by atoms with Gasteiger partial charge in [-0.2, -0.15) is 0 Å². The van der Waals surface area contributed by atoms with E-state index in [1.54, 1.807) is 6.20 Å². The molecule has 8 nitrogen and oxygen atoms in total. The van der Waals surface area contributed by atoms with Crippen LogP contribution < -0.4 is 16.6 Å². The molecule has 1 fully saturated rings. The number of pyridine rings is 1. The molecule has 2 aromatic heterocycles. The Balaban J connectivity index is 1.48. The molecule has 1 saturated heterocycles. The zero-order chi connectivity index (χ0) is 18.5. The zero-order valence-electron chi connectivity index (χ0n) is 14.8. The van der Waals surface area contributed by atoms with E-state index >= 15 is 0 Å². The van der Waals surface area contributed by atoms with Gasteiger partial charge in [0.15, 0.2) is 0 Å². The monoisotopic (exact) mass is 357 g/mol. The minimum atomic E-state index is -0.486. The van der Waals surface area contributed by atoms with Crippen LogP contribution in [0.4, 0.5) is 0 Å². The molecule has 0 radical (unpaired) electrons. The molecule has 0 unspecified atom stereocenters. The first-order valence-electron chi connectivity index (χ1n) is 8.71. The van der Waals surface area contributed by atoms with Crippen molar-refractivity contribution in [3.8, 4) is 0 Å². The number of nitrogens with one attached hydrogen (secondary N) is 2. The topological polar surface area (TPSA) is 100 Å². The van der Waals surface area contributed by atoms with E-state index in [1.807, 2.05) is 12.3 Å². The number of H-pyrrole nitrogens is 1. The van der Waals surface area contributed by atoms with Crippen molar-refractivity contribution in [3.63, 3.8) is 0 Å². The minimum absolute atomic E-state index is 0.0284. The number of aromatic amines is 1. The molecule has 3 rings (SSSR count). The Bertz CT molecular complexity index is 866. The van der Waals surface area contributed by atoms with E-state index in [1.165, 1.54) is 18.8 Å². The predicted octanol–water partition coefficient (Wildman–Crippen LogP) is -0.208. The Morgan fingerprint density at radius 1 is 1.35 bits per heavy atom. The highest BCUT2D eigenvalue weighted by Crippen LogP contribution is 2.13. The maximum atomic E-state index is 12.2. The number of hydrogen-bond donors (Lipinski definition) is 2. The summed E-state index contributed by atoms with van der Waals surface area (Å²) in [6, 6.07) is 4.11. The number of amides is 1. The maximum Gasteiger partial charge on any atom is 0.328 e. The molecule has 2 aromatic rings. The van der Waals surface area contributed by atoms with Crippen molar-refractivity contribution < 1.29 is 4.79 Å². The van der Waals surface area contributed by atoms with E-state index in [2.05, 4.69) is 26.3 Å². The molecular weight excluding hydrogens is 334 g/mol. The maximum absolute atomic E-state index is 12.2. The van der Waals surface area contributed by atoms with Gasteiger partial charge in [-0.15, -0.1) is 0 Å². The van der Waals surface area contributed by atoms with Crippen LogP contribution in [-0.2, 0) is 24.8 Å². The van der Waals surface area contributed by atoms with Gasteiger partial charge < -0.3 is 10.3 Å². The van der Waals surface area contributed by atoms with Crippen molar-refractivity contribution in [2.24, 2.45) is 7.05 Å². The number of piperidine rings is 1. The highest BCUT2D eigenvalue weighted by atomic mass is 16.2. The van der Waals surface area contributed by atoms with Gasteiger partial charge in [0.05, 0.1) is 6.42 Å². The van der Waals surface area contributed by atoms with Crippen LogP contribution in [0.25, 0.3) is 0 Å². The molecule has 138 valence electrons. The van der Waals surface area contributed by atoms with E-state index in [0.29, 0.717) is 5.56 Å². The molecule has 8 heteroatoms. The standard InChI is InChI=1S/C18H23N5O3/c1-22-17(25)14(11-20-18(22)26)9-16(24)21-15-4-7-23(8-5-15)12-13-3-2-6-19-10-13/h2-3,6,10-11,15H,4-5,7-9,12H2,1H3,(H,20,26)(H,21,24). The fourth-order valence-corrected chi connectivity index (χ4v) is 3.18. The molecule has 1 amide bonds. The Labute approximate surface area is 150 Å². The first kappa shape index (κ1) is 18.1. The van der Waals surface area contributed by atoms with Gasteiger partial charge in [-0.1, -0.05) is 6.07 Å². The first-order valence-corrected chi connectivity index (χ1v) is 8.71. The third-order valence-corrected chi connectivity index (χ3v) is 4.69. The summed E-state index contributed by atoms with van der Waals surface area (Å²) in [5.41, 5.74) is 0.554. The molecule has 0 aliphatic carbocycles. The van der Waals surface area contributed by atoms with Crippen LogP contribution in [0.5, 0.6) is 0 Å². The Kier molecular flexibility index (Phi) is 5.62. The zero-order valence-corrected chi connectivity index (χ0v) is 14.8. The smallest absolute Gasteiger partial charge is 0.328 e. The third kappa shape index (κ3) is 4.45. The Morgan fingerprint density at radius 3 is 2.81 bits per heavy atom. The van der Waals surface area contributed by atoms with E-state index in [4.69, 9.17) is 0 Å². The van der Waals surface area contributed by atoms with Crippen LogP contribution in [0, 0.1) is 0 Å². The van der Waals surface area contributed by atoms with Crippen LogP contribution >= 0.6 is 0 Å². The fraction of sp³-hybridized carbons (Fsp3) is 0.444. The molecule has 0 aromatic carbocycles. The van der Waals surface area contributed by atoms with Gasteiger partial charge in [0.25, 0.3) is 5.56 Å². The van der Waals surface area contributed by atoms with Crippen molar-refractivity contribution in [2.75, 3.05) is 13.1 Å². The molecule has 0 spiro atoms. The summed E-state index contributed by atoms with van der Waals surface area (Å²) in [5.74, 6) is -0.195. The quantitative estimate of drug-likeness (QED) is 0.771. The van der Waals surface area contributed by atoms with Crippen molar-refractivity contribution in [1.29, 1.82) is 0 Å². The van der Waals surface area contributed by atoms with E-state index in [-0.39, 0.29) is 18.4 Å². The van der Waals surface area contributed by atoms with Gasteiger partial charge in [0.1, 0.15) is 0 Å². The summed E-state index contributed by atoms with van der Waals surface area (Å²) in [5, 5.41) is 2.99. The summed E-state index contributed by atoms with van der Waals surface area (Å²) in [4.78, 5) is 44.5. The lowest BCUT2D eigenvalue weighted by Crippen LogP contribution is -2.45. The van der Waals surface area contributed by atoms with Gasteiger partial charge in [0, 0.05) is 56.9 Å². The van der Waals surface area contributed by atoms with Gasteiger partial charge in [0.2, 0.25) is 5.91 Å². The van der Waals surface area contributed by atoms with E-state index < -0.39 is 11.2 Å². The van der Waals surface area contributed by atoms with Crippen molar-refractivity contribution >= 4 is 5.91 Å². The summed E-state index contributed by atoms with van der Waals surface area (Å²) < 4.78 is 0.972. The molecule has 0 bridgehead atoms. The predicted molar refractivity (Wildman–Crippen MR) is 96.7 cm³/mol. The lowest BCUT2D eigenvalue weighted by atomic mass is 10.0. The molecule has 26 heavy (non-hydrogen) atoms. The number of carbonyl (C=O) groups excluding carboxylic acids is 1. The van der Waals surface area contributed by atoms with Gasteiger partial charge in [-0.3, -0.25) is 24.0 Å². The van der Waals surface area contributed by atoms with Crippen molar-refractivity contribution in [1.82, 2.24) is 24.8 Å². The van der Waals surface area contributed by atoms with Gasteiger partial charge in [-0.25, -0.2) is 4.79 Å². The van der Waals surface area contributed by atoms with Crippen LogP contribution in [0.1, 0.15) is 24.0 Å². The Morgan fingerprint density at radius 2 is 2.12 bits per heavy atom. The molecule has 2 N–H and O–H groups in total. The number of aromatic nitrogens is 3. The van der Waals surface area contributed by atoms with E-state index in [0.717, 1.165) is 37.0 Å². The normalized spacial score (nSPS) is 15.7. The third-order valence-electron chi connectivity index (χ3n) is 4.69. The lowest BCUT2D eigenvalue weighted by Gasteiger charge is -2.32. The summed E-state index contributed by atoms with van der Waals surface area (Å²) in [6.45, 7) is 2.67. The summed E-state index contributed by atoms with van der Waals surface area (Å²) in [6.07, 6.45) is 6.67.